The van der Waals surface area contributed by atoms with Gasteiger partial charge in [-0.15, -0.1) is 0 Å². The number of hydrogen-bond acceptors (Lipinski definition) is 4. The number of aliphatic hydroxyl groups excluding tert-OH is 1. The highest BCUT2D eigenvalue weighted by molar-refractivity contribution is 5.75. The van der Waals surface area contributed by atoms with E-state index in [4.69, 9.17) is 0 Å². The predicted octanol–water partition coefficient (Wildman–Crippen LogP) is 2.95. The summed E-state index contributed by atoms with van der Waals surface area (Å²) in [6.07, 6.45) is 6.34. The zero-order chi connectivity index (χ0) is 14.9. The van der Waals surface area contributed by atoms with Gasteiger partial charge in [-0.3, -0.25) is 0 Å². The minimum atomic E-state index is -0.250. The molecule has 22 heavy (non-hydrogen) atoms. The van der Waals surface area contributed by atoms with Crippen LogP contribution in [0.4, 0.5) is 5.69 Å². The number of hydrogen-bond donors (Lipinski definition) is 3. The van der Waals surface area contributed by atoms with Crippen molar-refractivity contribution >= 4 is 16.9 Å². The topological polar surface area (TPSA) is 73.8 Å². The van der Waals surface area contributed by atoms with Crippen molar-refractivity contribution in [1.29, 1.82) is 0 Å². The molecule has 2 atom stereocenters. The molecule has 1 saturated carbocycles. The molecule has 0 bridgehead atoms. The standard InChI is InChI=1S/C17H18N4O/c22-16-6-2-5-13(16)20-12-4-1-3-11(9-12)15-10-19-17-14(21-15)7-8-18-17/h1,3-4,7-10,13,16,20,22H,2,5-6H2,(H,18,19)/t13-,16-/m0/s1. The predicted molar refractivity (Wildman–Crippen MR) is 86.6 cm³/mol. The van der Waals surface area contributed by atoms with Gasteiger partial charge in [0.05, 0.1) is 24.0 Å². The number of nitrogens with zero attached hydrogens (tertiary/aromatic N) is 2. The third kappa shape index (κ3) is 2.44. The normalized spacial score (nSPS) is 21.3. The first-order chi connectivity index (χ1) is 10.8. The highest BCUT2D eigenvalue weighted by Gasteiger charge is 2.24. The van der Waals surface area contributed by atoms with E-state index >= 15 is 0 Å². The SMILES string of the molecule is O[C@H]1CCC[C@@H]1Nc1cccc(-c2cnc3[nH]ccc3n2)c1. The number of anilines is 1. The summed E-state index contributed by atoms with van der Waals surface area (Å²) in [7, 11) is 0. The fraction of sp³-hybridized carbons (Fsp3) is 0.294. The number of rotatable bonds is 3. The molecule has 2 heterocycles. The van der Waals surface area contributed by atoms with Crippen molar-refractivity contribution in [2.24, 2.45) is 0 Å². The zero-order valence-corrected chi connectivity index (χ0v) is 12.2. The van der Waals surface area contributed by atoms with Crippen molar-refractivity contribution in [3.05, 3.63) is 42.7 Å². The number of aromatic amines is 1. The number of aromatic nitrogens is 3. The molecule has 5 nitrogen and oxygen atoms in total. The monoisotopic (exact) mass is 294 g/mol. The molecule has 0 amide bonds. The highest BCUT2D eigenvalue weighted by Crippen LogP contribution is 2.26. The summed E-state index contributed by atoms with van der Waals surface area (Å²) >= 11 is 0. The molecule has 0 aliphatic heterocycles. The Morgan fingerprint density at radius 1 is 1.23 bits per heavy atom. The van der Waals surface area contributed by atoms with Gasteiger partial charge in [-0.2, -0.15) is 0 Å². The average molecular weight is 294 g/mol. The molecule has 1 fully saturated rings. The Labute approximate surface area is 128 Å². The first-order valence-corrected chi connectivity index (χ1v) is 7.65. The molecule has 112 valence electrons. The van der Waals surface area contributed by atoms with Gasteiger partial charge >= 0.3 is 0 Å². The second-order valence-electron chi connectivity index (χ2n) is 5.80. The van der Waals surface area contributed by atoms with E-state index in [-0.39, 0.29) is 12.1 Å². The van der Waals surface area contributed by atoms with Crippen LogP contribution < -0.4 is 5.32 Å². The lowest BCUT2D eigenvalue weighted by Gasteiger charge is -2.18. The van der Waals surface area contributed by atoms with Gasteiger partial charge in [0.2, 0.25) is 0 Å². The Balaban J connectivity index is 1.63. The van der Waals surface area contributed by atoms with Crippen LogP contribution in [0.25, 0.3) is 22.4 Å². The van der Waals surface area contributed by atoms with E-state index in [0.717, 1.165) is 47.4 Å². The minimum Gasteiger partial charge on any atom is -0.391 e. The fourth-order valence-electron chi connectivity index (χ4n) is 3.06. The van der Waals surface area contributed by atoms with Crippen LogP contribution in [0.1, 0.15) is 19.3 Å². The molecule has 1 aliphatic rings. The van der Waals surface area contributed by atoms with E-state index in [1.54, 1.807) is 6.20 Å². The molecule has 1 aliphatic carbocycles. The molecule has 0 spiro atoms. The third-order valence-corrected chi connectivity index (χ3v) is 4.25. The second-order valence-corrected chi connectivity index (χ2v) is 5.80. The lowest BCUT2D eigenvalue weighted by Crippen LogP contribution is -2.27. The third-order valence-electron chi connectivity index (χ3n) is 4.25. The quantitative estimate of drug-likeness (QED) is 0.694. The maximum Gasteiger partial charge on any atom is 0.156 e. The van der Waals surface area contributed by atoms with Crippen molar-refractivity contribution in [3.8, 4) is 11.3 Å². The Morgan fingerprint density at radius 2 is 2.18 bits per heavy atom. The summed E-state index contributed by atoms with van der Waals surface area (Å²) < 4.78 is 0. The minimum absolute atomic E-state index is 0.147. The molecular formula is C17H18N4O. The number of fused-ring (bicyclic) bond motifs is 1. The van der Waals surface area contributed by atoms with E-state index in [2.05, 4.69) is 26.3 Å². The van der Waals surface area contributed by atoms with Crippen molar-refractivity contribution in [2.45, 2.75) is 31.4 Å². The smallest absolute Gasteiger partial charge is 0.156 e. The average Bonchev–Trinajstić information content (AvgIpc) is 3.16. The Hall–Kier alpha value is -2.40. The van der Waals surface area contributed by atoms with Crippen LogP contribution in [0, 0.1) is 0 Å². The first kappa shape index (κ1) is 13.3. The summed E-state index contributed by atoms with van der Waals surface area (Å²) in [6.45, 7) is 0. The van der Waals surface area contributed by atoms with Gasteiger partial charge in [0.25, 0.3) is 0 Å². The van der Waals surface area contributed by atoms with Crippen molar-refractivity contribution in [3.63, 3.8) is 0 Å². The van der Waals surface area contributed by atoms with Gasteiger partial charge in [-0.1, -0.05) is 12.1 Å². The molecule has 0 unspecified atom stereocenters. The number of H-pyrrole nitrogens is 1. The maximum absolute atomic E-state index is 9.94. The first-order valence-electron chi connectivity index (χ1n) is 7.65. The van der Waals surface area contributed by atoms with E-state index in [1.165, 1.54) is 0 Å². The molecule has 3 N–H and O–H groups in total. The molecule has 0 saturated heterocycles. The molecule has 4 rings (SSSR count). The lowest BCUT2D eigenvalue weighted by atomic mass is 10.1. The summed E-state index contributed by atoms with van der Waals surface area (Å²) in [4.78, 5) is 12.1. The molecule has 2 aromatic heterocycles. The molecular weight excluding hydrogens is 276 g/mol. The van der Waals surface area contributed by atoms with Crippen molar-refractivity contribution in [2.75, 3.05) is 5.32 Å². The summed E-state index contributed by atoms with van der Waals surface area (Å²) in [6, 6.07) is 10.2. The van der Waals surface area contributed by atoms with Gasteiger partial charge < -0.3 is 15.4 Å². The lowest BCUT2D eigenvalue weighted by molar-refractivity contribution is 0.172. The summed E-state index contributed by atoms with van der Waals surface area (Å²) in [5, 5.41) is 13.4. The molecule has 5 heteroatoms. The fourth-order valence-corrected chi connectivity index (χ4v) is 3.06. The van der Waals surface area contributed by atoms with Crippen LogP contribution in [0.3, 0.4) is 0 Å². The molecule has 0 radical (unpaired) electrons. The zero-order valence-electron chi connectivity index (χ0n) is 12.2. The number of benzene rings is 1. The molecule has 1 aromatic carbocycles. The second kappa shape index (κ2) is 5.42. The van der Waals surface area contributed by atoms with Crippen LogP contribution in [0.5, 0.6) is 0 Å². The van der Waals surface area contributed by atoms with Gasteiger partial charge in [-0.25, -0.2) is 9.97 Å². The van der Waals surface area contributed by atoms with Crippen LogP contribution in [-0.2, 0) is 0 Å². The van der Waals surface area contributed by atoms with Crippen molar-refractivity contribution < 1.29 is 5.11 Å². The Kier molecular flexibility index (Phi) is 3.27. The van der Waals surface area contributed by atoms with E-state index in [1.807, 2.05) is 30.5 Å². The molecule has 3 aromatic rings. The van der Waals surface area contributed by atoms with E-state index in [0.29, 0.717) is 0 Å². The van der Waals surface area contributed by atoms with Crippen LogP contribution >= 0.6 is 0 Å². The van der Waals surface area contributed by atoms with Gasteiger partial charge in [-0.05, 0) is 37.5 Å². The maximum atomic E-state index is 9.94. The Morgan fingerprint density at radius 3 is 3.05 bits per heavy atom. The van der Waals surface area contributed by atoms with Gasteiger partial charge in [0.15, 0.2) is 5.65 Å². The summed E-state index contributed by atoms with van der Waals surface area (Å²) in [5.74, 6) is 0. The Bertz CT molecular complexity index is 798. The number of nitrogens with one attached hydrogen (secondary N) is 2. The summed E-state index contributed by atoms with van der Waals surface area (Å²) in [5.41, 5.74) is 4.55. The highest BCUT2D eigenvalue weighted by atomic mass is 16.3. The van der Waals surface area contributed by atoms with Crippen molar-refractivity contribution in [1.82, 2.24) is 15.0 Å². The van der Waals surface area contributed by atoms with Crippen LogP contribution in [0.15, 0.2) is 42.7 Å². The van der Waals surface area contributed by atoms with E-state index < -0.39 is 0 Å². The van der Waals surface area contributed by atoms with Crippen LogP contribution in [-0.4, -0.2) is 32.2 Å². The largest absolute Gasteiger partial charge is 0.391 e. The van der Waals surface area contributed by atoms with Gasteiger partial charge in [0.1, 0.15) is 5.52 Å². The van der Waals surface area contributed by atoms with Gasteiger partial charge in [0, 0.05) is 17.4 Å². The van der Waals surface area contributed by atoms with Crippen LogP contribution in [0.2, 0.25) is 0 Å². The number of aliphatic hydroxyl groups is 1. The van der Waals surface area contributed by atoms with E-state index in [9.17, 15) is 5.11 Å².